The predicted molar refractivity (Wildman–Crippen MR) is 62.3 cm³/mol. The molecule has 0 aliphatic carbocycles. The third-order valence-corrected chi connectivity index (χ3v) is 2.59. The van der Waals surface area contributed by atoms with Crippen LogP contribution in [-0.2, 0) is 14.4 Å². The number of amides is 2. The lowest BCUT2D eigenvalue weighted by Crippen LogP contribution is -2.52. The molecule has 0 heterocycles. The molecule has 0 aromatic carbocycles. The van der Waals surface area contributed by atoms with Crippen molar-refractivity contribution in [3.05, 3.63) is 0 Å². The molecular weight excluding hydrogens is 224 g/mol. The summed E-state index contributed by atoms with van der Waals surface area (Å²) in [5.41, 5.74) is 0. The summed E-state index contributed by atoms with van der Waals surface area (Å²) in [6.45, 7) is 6.41. The number of carboxylic acids is 1. The van der Waals surface area contributed by atoms with Gasteiger partial charge in [-0.2, -0.15) is 0 Å². The van der Waals surface area contributed by atoms with E-state index in [1.807, 2.05) is 6.92 Å². The number of carboxylic acid groups (broad SMARTS) is 1. The Morgan fingerprint density at radius 3 is 2.06 bits per heavy atom. The van der Waals surface area contributed by atoms with E-state index in [-0.39, 0.29) is 11.8 Å². The first-order chi connectivity index (χ1) is 7.79. The van der Waals surface area contributed by atoms with Crippen LogP contribution in [0.2, 0.25) is 0 Å². The van der Waals surface area contributed by atoms with E-state index >= 15 is 0 Å². The summed E-state index contributed by atoms with van der Waals surface area (Å²) in [5.74, 6) is -2.06. The van der Waals surface area contributed by atoms with E-state index in [2.05, 4.69) is 10.6 Å². The molecule has 6 nitrogen and oxygen atoms in total. The maximum absolute atomic E-state index is 11.6. The van der Waals surface area contributed by atoms with E-state index in [9.17, 15) is 14.4 Å². The summed E-state index contributed by atoms with van der Waals surface area (Å²) < 4.78 is 0. The SMILES string of the molecule is CC[C@H](C)[C@H](NC(=O)C(C)NC(C)=O)C(=O)O. The highest BCUT2D eigenvalue weighted by atomic mass is 16.4. The van der Waals surface area contributed by atoms with Gasteiger partial charge in [0.25, 0.3) is 0 Å². The maximum Gasteiger partial charge on any atom is 0.326 e. The molecule has 3 atom stereocenters. The van der Waals surface area contributed by atoms with Crippen LogP contribution in [0, 0.1) is 5.92 Å². The number of carbonyl (C=O) groups is 3. The van der Waals surface area contributed by atoms with Crippen LogP contribution in [-0.4, -0.2) is 35.0 Å². The zero-order chi connectivity index (χ0) is 13.6. The molecule has 0 aliphatic rings. The molecule has 0 bridgehead atoms. The first-order valence-corrected chi connectivity index (χ1v) is 5.59. The van der Waals surface area contributed by atoms with E-state index in [1.54, 1.807) is 6.92 Å². The van der Waals surface area contributed by atoms with E-state index in [1.165, 1.54) is 13.8 Å². The van der Waals surface area contributed by atoms with Crippen molar-refractivity contribution in [2.75, 3.05) is 0 Å². The Balaban J connectivity index is 4.50. The Kier molecular flexibility index (Phi) is 6.23. The van der Waals surface area contributed by atoms with Crippen molar-refractivity contribution in [1.29, 1.82) is 0 Å². The molecule has 0 aromatic rings. The maximum atomic E-state index is 11.6. The van der Waals surface area contributed by atoms with Gasteiger partial charge in [0.15, 0.2) is 0 Å². The molecule has 0 radical (unpaired) electrons. The van der Waals surface area contributed by atoms with E-state index in [0.29, 0.717) is 6.42 Å². The molecule has 6 heteroatoms. The third-order valence-electron chi connectivity index (χ3n) is 2.59. The molecular formula is C11H20N2O4. The molecule has 0 saturated heterocycles. The second-order valence-electron chi connectivity index (χ2n) is 4.13. The van der Waals surface area contributed by atoms with Crippen molar-refractivity contribution < 1.29 is 19.5 Å². The topological polar surface area (TPSA) is 95.5 Å². The number of nitrogens with one attached hydrogen (secondary N) is 2. The summed E-state index contributed by atoms with van der Waals surface area (Å²) in [6.07, 6.45) is 0.645. The Morgan fingerprint density at radius 2 is 1.71 bits per heavy atom. The number of carbonyl (C=O) groups excluding carboxylic acids is 2. The standard InChI is InChI=1S/C11H20N2O4/c1-5-6(2)9(11(16)17)13-10(15)7(3)12-8(4)14/h6-7,9H,5H2,1-4H3,(H,12,14)(H,13,15)(H,16,17)/t6-,7?,9-/m0/s1. The van der Waals surface area contributed by atoms with Gasteiger partial charge in [-0.3, -0.25) is 9.59 Å². The van der Waals surface area contributed by atoms with Crippen LogP contribution < -0.4 is 10.6 Å². The lowest BCUT2D eigenvalue weighted by molar-refractivity contribution is -0.143. The largest absolute Gasteiger partial charge is 0.480 e. The summed E-state index contributed by atoms with van der Waals surface area (Å²) in [5, 5.41) is 13.8. The summed E-state index contributed by atoms with van der Waals surface area (Å²) in [6, 6.07) is -1.66. The molecule has 1 unspecified atom stereocenters. The monoisotopic (exact) mass is 244 g/mol. The minimum Gasteiger partial charge on any atom is -0.480 e. The van der Waals surface area contributed by atoms with Crippen LogP contribution in [0.4, 0.5) is 0 Å². The lowest BCUT2D eigenvalue weighted by Gasteiger charge is -2.22. The summed E-state index contributed by atoms with van der Waals surface area (Å²) >= 11 is 0. The van der Waals surface area contributed by atoms with Gasteiger partial charge in [0.05, 0.1) is 0 Å². The zero-order valence-corrected chi connectivity index (χ0v) is 10.6. The van der Waals surface area contributed by atoms with E-state index in [0.717, 1.165) is 0 Å². The Bertz CT molecular complexity index is 304. The van der Waals surface area contributed by atoms with Crippen molar-refractivity contribution in [1.82, 2.24) is 10.6 Å². The first kappa shape index (κ1) is 15.4. The van der Waals surface area contributed by atoms with Gasteiger partial charge in [-0.25, -0.2) is 4.79 Å². The molecule has 3 N–H and O–H groups in total. The molecule has 0 saturated carbocycles. The molecule has 17 heavy (non-hydrogen) atoms. The predicted octanol–water partition coefficient (Wildman–Crippen LogP) is 0.127. The van der Waals surface area contributed by atoms with E-state index < -0.39 is 24.0 Å². The fraction of sp³-hybridized carbons (Fsp3) is 0.727. The fourth-order valence-corrected chi connectivity index (χ4v) is 1.33. The van der Waals surface area contributed by atoms with Crippen molar-refractivity contribution in [2.24, 2.45) is 5.92 Å². The van der Waals surface area contributed by atoms with Gasteiger partial charge in [-0.05, 0) is 12.8 Å². The van der Waals surface area contributed by atoms with Gasteiger partial charge in [-0.1, -0.05) is 20.3 Å². The summed E-state index contributed by atoms with van der Waals surface area (Å²) in [7, 11) is 0. The van der Waals surface area contributed by atoms with Crippen molar-refractivity contribution in [3.8, 4) is 0 Å². The molecule has 0 aromatic heterocycles. The average molecular weight is 244 g/mol. The van der Waals surface area contributed by atoms with Gasteiger partial charge in [0, 0.05) is 6.92 Å². The number of hydrogen-bond donors (Lipinski definition) is 3. The van der Waals surface area contributed by atoms with Crippen molar-refractivity contribution in [3.63, 3.8) is 0 Å². The Labute approximate surface area is 101 Å². The minimum absolute atomic E-state index is 0.166. The van der Waals surface area contributed by atoms with Gasteiger partial charge < -0.3 is 15.7 Å². The van der Waals surface area contributed by atoms with Crippen LogP contribution in [0.25, 0.3) is 0 Å². The van der Waals surface area contributed by atoms with Crippen LogP contribution in [0.3, 0.4) is 0 Å². The smallest absolute Gasteiger partial charge is 0.326 e. The number of aliphatic carboxylic acids is 1. The second-order valence-corrected chi connectivity index (χ2v) is 4.13. The molecule has 0 fully saturated rings. The number of rotatable bonds is 6. The molecule has 0 rings (SSSR count). The van der Waals surface area contributed by atoms with Gasteiger partial charge in [0.1, 0.15) is 12.1 Å². The van der Waals surface area contributed by atoms with Gasteiger partial charge in [-0.15, -0.1) is 0 Å². The quantitative estimate of drug-likeness (QED) is 0.618. The van der Waals surface area contributed by atoms with Crippen LogP contribution in [0.5, 0.6) is 0 Å². The highest BCUT2D eigenvalue weighted by Gasteiger charge is 2.27. The van der Waals surface area contributed by atoms with Crippen LogP contribution in [0.15, 0.2) is 0 Å². The van der Waals surface area contributed by atoms with Crippen molar-refractivity contribution >= 4 is 17.8 Å². The van der Waals surface area contributed by atoms with Gasteiger partial charge >= 0.3 is 5.97 Å². The second kappa shape index (κ2) is 6.88. The van der Waals surface area contributed by atoms with Crippen LogP contribution in [0.1, 0.15) is 34.1 Å². The number of hydrogen-bond acceptors (Lipinski definition) is 3. The fourth-order valence-electron chi connectivity index (χ4n) is 1.33. The normalized spacial score (nSPS) is 15.5. The molecule has 0 spiro atoms. The van der Waals surface area contributed by atoms with Crippen molar-refractivity contribution in [2.45, 2.75) is 46.2 Å². The molecule has 2 amide bonds. The molecule has 98 valence electrons. The minimum atomic E-state index is -1.07. The van der Waals surface area contributed by atoms with Crippen LogP contribution >= 0.6 is 0 Å². The average Bonchev–Trinajstić information content (AvgIpc) is 2.22. The lowest BCUT2D eigenvalue weighted by atomic mass is 9.99. The molecule has 0 aliphatic heterocycles. The first-order valence-electron chi connectivity index (χ1n) is 5.59. The Hall–Kier alpha value is -1.59. The Morgan fingerprint density at radius 1 is 1.18 bits per heavy atom. The zero-order valence-electron chi connectivity index (χ0n) is 10.6. The summed E-state index contributed by atoms with van der Waals surface area (Å²) in [4.78, 5) is 33.4. The van der Waals surface area contributed by atoms with E-state index in [4.69, 9.17) is 5.11 Å². The third kappa shape index (κ3) is 5.33. The highest BCUT2D eigenvalue weighted by molar-refractivity contribution is 5.89. The van der Waals surface area contributed by atoms with Gasteiger partial charge in [0.2, 0.25) is 11.8 Å². The highest BCUT2D eigenvalue weighted by Crippen LogP contribution is 2.08.